The van der Waals surface area contributed by atoms with Gasteiger partial charge in [-0.15, -0.1) is 0 Å². The third-order valence-electron chi connectivity index (χ3n) is 5.45. The molecule has 0 radical (unpaired) electrons. The summed E-state index contributed by atoms with van der Waals surface area (Å²) in [6.07, 6.45) is 8.98. The maximum absolute atomic E-state index is 12.3. The van der Waals surface area contributed by atoms with Gasteiger partial charge in [0.1, 0.15) is 5.75 Å². The smallest absolute Gasteiger partial charge is 0.223 e. The molecule has 0 aliphatic heterocycles. The molecule has 1 aromatic carbocycles. The number of carbonyl (C=O) groups is 1. The van der Waals surface area contributed by atoms with E-state index < -0.39 is 0 Å². The minimum atomic E-state index is 0.0841. The molecule has 1 unspecified atom stereocenters. The van der Waals surface area contributed by atoms with Crippen LogP contribution in [0, 0.1) is 5.92 Å². The minimum absolute atomic E-state index is 0.0841. The van der Waals surface area contributed by atoms with Crippen molar-refractivity contribution >= 4 is 5.91 Å². The molecule has 3 nitrogen and oxygen atoms in total. The van der Waals surface area contributed by atoms with Gasteiger partial charge < -0.3 is 10.4 Å². The Morgan fingerprint density at radius 2 is 1.83 bits per heavy atom. The van der Waals surface area contributed by atoms with E-state index in [2.05, 4.69) is 26.1 Å². The molecule has 1 saturated carbocycles. The lowest BCUT2D eigenvalue weighted by atomic mass is 9.80. The summed E-state index contributed by atoms with van der Waals surface area (Å²) >= 11 is 0. The molecular weight excluding hydrogens is 298 g/mol. The molecule has 1 aromatic rings. The predicted molar refractivity (Wildman–Crippen MR) is 99.2 cm³/mol. The number of amides is 1. The van der Waals surface area contributed by atoms with E-state index in [1.165, 1.54) is 24.8 Å². The fraction of sp³-hybridized carbons (Fsp3) is 0.667. The number of phenols is 1. The van der Waals surface area contributed by atoms with E-state index in [0.717, 1.165) is 32.1 Å². The number of phenolic OH excluding ortho intramolecular Hbond substituents is 1. The average Bonchev–Trinajstić information content (AvgIpc) is 2.56. The Labute approximate surface area is 146 Å². The van der Waals surface area contributed by atoms with Crippen LogP contribution in [-0.4, -0.2) is 17.1 Å². The van der Waals surface area contributed by atoms with E-state index in [1.54, 1.807) is 12.1 Å². The third-order valence-corrected chi connectivity index (χ3v) is 5.45. The van der Waals surface area contributed by atoms with Crippen molar-refractivity contribution in [2.45, 2.75) is 83.6 Å². The molecule has 1 fully saturated rings. The van der Waals surface area contributed by atoms with Gasteiger partial charge in [-0.3, -0.25) is 4.79 Å². The van der Waals surface area contributed by atoms with Crippen molar-refractivity contribution in [3.8, 4) is 5.75 Å². The zero-order valence-electron chi connectivity index (χ0n) is 15.5. The first-order valence-corrected chi connectivity index (χ1v) is 9.48. The molecule has 1 atom stereocenters. The largest absolute Gasteiger partial charge is 0.508 e. The number of carbonyl (C=O) groups excluding carboxylic acids is 1. The quantitative estimate of drug-likeness (QED) is 0.744. The van der Waals surface area contributed by atoms with Crippen LogP contribution < -0.4 is 5.32 Å². The number of hydrogen-bond acceptors (Lipinski definition) is 2. The lowest BCUT2D eigenvalue weighted by Gasteiger charge is -2.27. The Hall–Kier alpha value is -1.51. The van der Waals surface area contributed by atoms with Gasteiger partial charge in [0.15, 0.2) is 0 Å². The highest BCUT2D eigenvalue weighted by Crippen LogP contribution is 2.30. The fourth-order valence-electron chi connectivity index (χ4n) is 3.70. The Morgan fingerprint density at radius 3 is 2.46 bits per heavy atom. The van der Waals surface area contributed by atoms with Gasteiger partial charge >= 0.3 is 0 Å². The second-order valence-electron chi connectivity index (χ2n) is 8.07. The summed E-state index contributed by atoms with van der Waals surface area (Å²) in [7, 11) is 0. The predicted octanol–water partition coefficient (Wildman–Crippen LogP) is 4.93. The van der Waals surface area contributed by atoms with Crippen LogP contribution >= 0.6 is 0 Å². The van der Waals surface area contributed by atoms with Crippen LogP contribution in [0.1, 0.15) is 77.7 Å². The highest BCUT2D eigenvalue weighted by molar-refractivity contribution is 5.78. The Balaban J connectivity index is 1.74. The van der Waals surface area contributed by atoms with Gasteiger partial charge in [0.25, 0.3) is 0 Å². The number of hydrogen-bond donors (Lipinski definition) is 2. The number of nitrogens with one attached hydrogen (secondary N) is 1. The van der Waals surface area contributed by atoms with E-state index in [-0.39, 0.29) is 23.3 Å². The van der Waals surface area contributed by atoms with Crippen LogP contribution in [0.25, 0.3) is 0 Å². The zero-order chi connectivity index (χ0) is 17.6. The van der Waals surface area contributed by atoms with E-state index in [1.807, 2.05) is 12.1 Å². The molecule has 0 spiro atoms. The third kappa shape index (κ3) is 5.54. The number of aromatic hydroxyl groups is 1. The summed E-state index contributed by atoms with van der Waals surface area (Å²) in [6.45, 7) is 6.60. The van der Waals surface area contributed by atoms with Crippen LogP contribution in [0.4, 0.5) is 0 Å². The van der Waals surface area contributed by atoms with Gasteiger partial charge in [-0.05, 0) is 55.7 Å². The summed E-state index contributed by atoms with van der Waals surface area (Å²) in [5.41, 5.74) is 1.33. The summed E-state index contributed by atoms with van der Waals surface area (Å²) in [5.74, 6) is 0.822. The molecule has 0 aromatic heterocycles. The first-order chi connectivity index (χ1) is 11.4. The number of rotatable bonds is 7. The van der Waals surface area contributed by atoms with Crippen molar-refractivity contribution in [2.75, 3.05) is 0 Å². The van der Waals surface area contributed by atoms with Crippen LogP contribution in [0.5, 0.6) is 5.75 Å². The summed E-state index contributed by atoms with van der Waals surface area (Å²) in [4.78, 5) is 12.3. The molecule has 134 valence electrons. The van der Waals surface area contributed by atoms with Crippen molar-refractivity contribution in [3.05, 3.63) is 29.8 Å². The van der Waals surface area contributed by atoms with Gasteiger partial charge in [-0.1, -0.05) is 51.7 Å². The normalized spacial score (nSPS) is 17.5. The van der Waals surface area contributed by atoms with E-state index in [4.69, 9.17) is 0 Å². The minimum Gasteiger partial charge on any atom is -0.508 e. The first-order valence-electron chi connectivity index (χ1n) is 9.48. The lowest BCUT2D eigenvalue weighted by molar-refractivity contribution is -0.126. The molecule has 3 heteroatoms. The molecule has 0 heterocycles. The van der Waals surface area contributed by atoms with Gasteiger partial charge in [0, 0.05) is 12.0 Å². The molecule has 2 rings (SSSR count). The van der Waals surface area contributed by atoms with E-state index in [0.29, 0.717) is 5.75 Å². The highest BCUT2D eigenvalue weighted by Gasteiger charge is 2.23. The topological polar surface area (TPSA) is 49.3 Å². The molecule has 2 N–H and O–H groups in total. The molecule has 1 aliphatic carbocycles. The maximum atomic E-state index is 12.3. The number of benzene rings is 1. The second kappa shape index (κ2) is 8.55. The van der Waals surface area contributed by atoms with Gasteiger partial charge in [-0.2, -0.15) is 0 Å². The van der Waals surface area contributed by atoms with Crippen molar-refractivity contribution in [1.82, 2.24) is 5.32 Å². The average molecular weight is 332 g/mol. The van der Waals surface area contributed by atoms with Crippen molar-refractivity contribution in [1.29, 1.82) is 0 Å². The second-order valence-corrected chi connectivity index (χ2v) is 8.07. The summed E-state index contributed by atoms with van der Waals surface area (Å²) < 4.78 is 0. The SMILES string of the molecule is CC(CCCC(C)(C)c1ccc(O)cc1)NC(=O)C1CCCCC1. The van der Waals surface area contributed by atoms with Crippen LogP contribution in [0.3, 0.4) is 0 Å². The Morgan fingerprint density at radius 1 is 1.21 bits per heavy atom. The molecule has 0 saturated heterocycles. The monoisotopic (exact) mass is 331 g/mol. The van der Waals surface area contributed by atoms with Crippen LogP contribution in [0.2, 0.25) is 0 Å². The molecule has 1 amide bonds. The maximum Gasteiger partial charge on any atom is 0.223 e. The Kier molecular flexibility index (Phi) is 6.70. The molecule has 1 aliphatic rings. The summed E-state index contributed by atoms with van der Waals surface area (Å²) in [6, 6.07) is 7.76. The van der Waals surface area contributed by atoms with Crippen LogP contribution in [-0.2, 0) is 10.2 Å². The van der Waals surface area contributed by atoms with E-state index in [9.17, 15) is 9.90 Å². The standard InChI is InChI=1S/C21H33NO2/c1-16(22-20(24)17-9-5-4-6-10-17)8-7-15-21(2,3)18-11-13-19(23)14-12-18/h11-14,16-17,23H,4-10,15H2,1-3H3,(H,22,24). The highest BCUT2D eigenvalue weighted by atomic mass is 16.3. The van der Waals surface area contributed by atoms with Crippen molar-refractivity contribution in [3.63, 3.8) is 0 Å². The van der Waals surface area contributed by atoms with E-state index >= 15 is 0 Å². The summed E-state index contributed by atoms with van der Waals surface area (Å²) in [5, 5.41) is 12.6. The Bertz CT molecular complexity index is 515. The van der Waals surface area contributed by atoms with Crippen molar-refractivity contribution < 1.29 is 9.90 Å². The molecular formula is C21H33NO2. The van der Waals surface area contributed by atoms with Crippen molar-refractivity contribution in [2.24, 2.45) is 5.92 Å². The van der Waals surface area contributed by atoms with Gasteiger partial charge in [0.05, 0.1) is 0 Å². The lowest BCUT2D eigenvalue weighted by Crippen LogP contribution is -2.38. The molecule has 24 heavy (non-hydrogen) atoms. The molecule has 0 bridgehead atoms. The van der Waals surface area contributed by atoms with Gasteiger partial charge in [0.2, 0.25) is 5.91 Å². The van der Waals surface area contributed by atoms with Crippen LogP contribution in [0.15, 0.2) is 24.3 Å². The zero-order valence-corrected chi connectivity index (χ0v) is 15.5. The van der Waals surface area contributed by atoms with Gasteiger partial charge in [-0.25, -0.2) is 0 Å². The fourth-order valence-corrected chi connectivity index (χ4v) is 3.70. The first kappa shape index (κ1) is 18.8.